The number of halogens is 2. The smallest absolute Gasteiger partial charge is 0.175 e. The van der Waals surface area contributed by atoms with Crippen LogP contribution in [0.3, 0.4) is 0 Å². The van der Waals surface area contributed by atoms with Crippen molar-refractivity contribution in [1.29, 1.82) is 0 Å². The number of rotatable bonds is 4. The lowest BCUT2D eigenvalue weighted by molar-refractivity contribution is 0.0939. The van der Waals surface area contributed by atoms with E-state index in [-0.39, 0.29) is 22.9 Å². The second kappa shape index (κ2) is 7.08. The minimum absolute atomic E-state index is 0.0939. The van der Waals surface area contributed by atoms with E-state index in [9.17, 15) is 12.8 Å². The van der Waals surface area contributed by atoms with E-state index in [2.05, 4.69) is 4.90 Å². The van der Waals surface area contributed by atoms with Crippen molar-refractivity contribution in [3.05, 3.63) is 58.4 Å². The van der Waals surface area contributed by atoms with Crippen LogP contribution in [-0.2, 0) is 16.3 Å². The summed E-state index contributed by atoms with van der Waals surface area (Å²) in [6.07, 6.45) is 3.84. The van der Waals surface area contributed by atoms with Crippen LogP contribution in [0.15, 0.2) is 41.3 Å². The average molecular weight is 410 g/mol. The van der Waals surface area contributed by atoms with Gasteiger partial charge in [0.2, 0.25) is 0 Å². The molecule has 4 rings (SSSR count). The predicted molar refractivity (Wildman–Crippen MR) is 103 cm³/mol. The SMILES string of the molecule is CS(=O)(=O)c1ccc(O[C@H]2c3cc(F)cc(Cl)c3C[C@@H]2N2CCCC2)cc1. The summed E-state index contributed by atoms with van der Waals surface area (Å²) in [6.45, 7) is 1.98. The van der Waals surface area contributed by atoms with Gasteiger partial charge in [-0.25, -0.2) is 12.8 Å². The fourth-order valence-corrected chi connectivity index (χ4v) is 4.98. The van der Waals surface area contributed by atoms with Gasteiger partial charge in [-0.3, -0.25) is 4.90 Å². The Morgan fingerprint density at radius 3 is 2.44 bits per heavy atom. The first kappa shape index (κ1) is 18.7. The van der Waals surface area contributed by atoms with Crippen LogP contribution < -0.4 is 4.74 Å². The van der Waals surface area contributed by atoms with Gasteiger partial charge in [0.1, 0.15) is 17.7 Å². The monoisotopic (exact) mass is 409 g/mol. The minimum atomic E-state index is -3.26. The van der Waals surface area contributed by atoms with Crippen LogP contribution in [0.1, 0.15) is 30.1 Å². The van der Waals surface area contributed by atoms with Gasteiger partial charge in [-0.05, 0) is 74.3 Å². The Labute approximate surface area is 163 Å². The van der Waals surface area contributed by atoms with Gasteiger partial charge in [-0.15, -0.1) is 0 Å². The normalized spacial score (nSPS) is 22.8. The molecule has 2 atom stereocenters. The molecule has 0 radical (unpaired) electrons. The highest BCUT2D eigenvalue weighted by molar-refractivity contribution is 7.90. The topological polar surface area (TPSA) is 46.6 Å². The Bertz CT molecular complexity index is 956. The molecule has 1 fully saturated rings. The van der Waals surface area contributed by atoms with E-state index in [0.717, 1.165) is 43.5 Å². The molecule has 1 aliphatic heterocycles. The number of nitrogens with zero attached hydrogens (tertiary/aromatic N) is 1. The van der Waals surface area contributed by atoms with E-state index in [1.165, 1.54) is 30.5 Å². The Kier molecular flexibility index (Phi) is 4.91. The highest BCUT2D eigenvalue weighted by atomic mass is 35.5. The molecular formula is C20H21ClFNO3S. The molecule has 0 spiro atoms. The molecule has 7 heteroatoms. The molecule has 0 unspecified atom stereocenters. The first-order valence-corrected chi connectivity index (χ1v) is 11.3. The standard InChI is InChI=1S/C20H21ClFNO3S/c1-27(24,25)15-6-4-14(5-7-15)26-20-17-10-13(22)11-18(21)16(17)12-19(20)23-8-2-3-9-23/h4-7,10-11,19-20H,2-3,8-9,12H2,1H3/t19-,20-/m0/s1. The maximum absolute atomic E-state index is 14.0. The summed E-state index contributed by atoms with van der Waals surface area (Å²) in [5.74, 6) is 0.187. The number of ether oxygens (including phenoxy) is 1. The van der Waals surface area contributed by atoms with Crippen LogP contribution in [-0.4, -0.2) is 38.7 Å². The van der Waals surface area contributed by atoms with Crippen LogP contribution in [0.2, 0.25) is 5.02 Å². The zero-order chi connectivity index (χ0) is 19.2. The van der Waals surface area contributed by atoms with Crippen LogP contribution in [0, 0.1) is 5.82 Å². The third-order valence-electron chi connectivity index (χ3n) is 5.39. The Balaban J connectivity index is 1.67. The van der Waals surface area contributed by atoms with E-state index in [1.54, 1.807) is 12.1 Å². The molecule has 2 aliphatic rings. The molecule has 2 aromatic rings. The molecule has 27 heavy (non-hydrogen) atoms. The van der Waals surface area contributed by atoms with Crippen molar-refractivity contribution in [2.24, 2.45) is 0 Å². The molecule has 0 amide bonds. The van der Waals surface area contributed by atoms with Crippen molar-refractivity contribution in [1.82, 2.24) is 4.90 Å². The maximum Gasteiger partial charge on any atom is 0.175 e. The molecule has 1 heterocycles. The number of benzene rings is 2. The van der Waals surface area contributed by atoms with E-state index in [0.29, 0.717) is 10.8 Å². The summed E-state index contributed by atoms with van der Waals surface area (Å²) >= 11 is 6.31. The van der Waals surface area contributed by atoms with Gasteiger partial charge >= 0.3 is 0 Å². The third-order valence-corrected chi connectivity index (χ3v) is 6.85. The van der Waals surface area contributed by atoms with Gasteiger partial charge in [-0.1, -0.05) is 11.6 Å². The van der Waals surface area contributed by atoms with E-state index < -0.39 is 9.84 Å². The lowest BCUT2D eigenvalue weighted by atomic mass is 10.1. The van der Waals surface area contributed by atoms with Gasteiger partial charge in [0, 0.05) is 16.8 Å². The lowest BCUT2D eigenvalue weighted by Gasteiger charge is -2.30. The number of hydrogen-bond acceptors (Lipinski definition) is 4. The van der Waals surface area contributed by atoms with Gasteiger partial charge in [0.15, 0.2) is 9.84 Å². The van der Waals surface area contributed by atoms with Crippen molar-refractivity contribution in [2.45, 2.75) is 36.3 Å². The zero-order valence-corrected chi connectivity index (χ0v) is 16.6. The molecule has 1 saturated heterocycles. The Morgan fingerprint density at radius 2 is 1.81 bits per heavy atom. The molecule has 1 aliphatic carbocycles. The summed E-state index contributed by atoms with van der Waals surface area (Å²) < 4.78 is 43.5. The summed E-state index contributed by atoms with van der Waals surface area (Å²) in [4.78, 5) is 2.62. The molecule has 0 N–H and O–H groups in total. The quantitative estimate of drug-likeness (QED) is 0.765. The predicted octanol–water partition coefficient (Wildman–Crippen LogP) is 4.02. The summed E-state index contributed by atoms with van der Waals surface area (Å²) in [6, 6.07) is 9.31. The van der Waals surface area contributed by atoms with Crippen molar-refractivity contribution >= 4 is 21.4 Å². The zero-order valence-electron chi connectivity index (χ0n) is 15.0. The molecule has 144 valence electrons. The molecule has 0 aromatic heterocycles. The van der Waals surface area contributed by atoms with E-state index in [1.807, 2.05) is 0 Å². The van der Waals surface area contributed by atoms with Crippen LogP contribution in [0.4, 0.5) is 4.39 Å². The average Bonchev–Trinajstić information content (AvgIpc) is 3.23. The first-order valence-electron chi connectivity index (χ1n) is 9.01. The van der Waals surface area contributed by atoms with Crippen molar-refractivity contribution < 1.29 is 17.5 Å². The van der Waals surface area contributed by atoms with Crippen LogP contribution >= 0.6 is 11.6 Å². The summed E-state index contributed by atoms with van der Waals surface area (Å²) in [7, 11) is -3.26. The molecule has 4 nitrogen and oxygen atoms in total. The van der Waals surface area contributed by atoms with Crippen LogP contribution in [0.5, 0.6) is 5.75 Å². The Morgan fingerprint density at radius 1 is 1.15 bits per heavy atom. The number of fused-ring (bicyclic) bond motifs is 1. The molecule has 0 saturated carbocycles. The van der Waals surface area contributed by atoms with Crippen molar-refractivity contribution in [2.75, 3.05) is 19.3 Å². The maximum atomic E-state index is 14.0. The van der Waals surface area contributed by atoms with E-state index in [4.69, 9.17) is 16.3 Å². The molecule has 2 aromatic carbocycles. The highest BCUT2D eigenvalue weighted by Gasteiger charge is 2.40. The second-order valence-electron chi connectivity index (χ2n) is 7.25. The van der Waals surface area contributed by atoms with Gasteiger partial charge in [0.05, 0.1) is 10.9 Å². The van der Waals surface area contributed by atoms with Gasteiger partial charge in [0.25, 0.3) is 0 Å². The largest absolute Gasteiger partial charge is 0.484 e. The lowest BCUT2D eigenvalue weighted by Crippen LogP contribution is -2.38. The Hall–Kier alpha value is -1.63. The third kappa shape index (κ3) is 3.71. The summed E-state index contributed by atoms with van der Waals surface area (Å²) in [5, 5.41) is 0.438. The van der Waals surface area contributed by atoms with E-state index >= 15 is 0 Å². The number of hydrogen-bond donors (Lipinski definition) is 0. The second-order valence-corrected chi connectivity index (χ2v) is 9.67. The van der Waals surface area contributed by atoms with Crippen molar-refractivity contribution in [3.63, 3.8) is 0 Å². The summed E-state index contributed by atoms with van der Waals surface area (Å²) in [5.41, 5.74) is 1.72. The number of sulfone groups is 1. The minimum Gasteiger partial charge on any atom is -0.484 e. The molecular weight excluding hydrogens is 389 g/mol. The van der Waals surface area contributed by atoms with Gasteiger partial charge in [-0.2, -0.15) is 0 Å². The highest BCUT2D eigenvalue weighted by Crippen LogP contribution is 2.42. The fourth-order valence-electron chi connectivity index (χ4n) is 4.06. The van der Waals surface area contributed by atoms with Crippen LogP contribution in [0.25, 0.3) is 0 Å². The molecule has 0 bridgehead atoms. The number of likely N-dealkylation sites (tertiary alicyclic amines) is 1. The first-order chi connectivity index (χ1) is 12.8. The van der Waals surface area contributed by atoms with Crippen molar-refractivity contribution in [3.8, 4) is 5.75 Å². The fraction of sp³-hybridized carbons (Fsp3) is 0.400. The van der Waals surface area contributed by atoms with Gasteiger partial charge < -0.3 is 4.74 Å².